The molecule has 7 nitrogen and oxygen atoms in total. The molecule has 8 heteroatoms. The summed E-state index contributed by atoms with van der Waals surface area (Å²) in [5.74, 6) is -1.21. The Hall–Kier alpha value is -2.35. The molecule has 0 amide bonds. The largest absolute Gasteiger partial charge is 0.481 e. The van der Waals surface area contributed by atoms with Crippen LogP contribution in [0, 0.1) is 0 Å². The van der Waals surface area contributed by atoms with Gasteiger partial charge in [-0.05, 0) is 25.1 Å². The quantitative estimate of drug-likeness (QED) is 0.794. The van der Waals surface area contributed by atoms with Crippen LogP contribution in [0.1, 0.15) is 25.5 Å². The molecule has 0 aromatic carbocycles. The van der Waals surface area contributed by atoms with E-state index >= 15 is 0 Å². The molecule has 2 heterocycles. The van der Waals surface area contributed by atoms with Gasteiger partial charge in [0.2, 0.25) is 0 Å². The van der Waals surface area contributed by atoms with E-state index in [4.69, 9.17) is 10.2 Å². The summed E-state index contributed by atoms with van der Waals surface area (Å²) in [5, 5.41) is 15.8. The number of nitrogens with zero attached hydrogens (tertiary/aromatic N) is 3. The highest BCUT2D eigenvalue weighted by atomic mass is 32.2. The van der Waals surface area contributed by atoms with Crippen molar-refractivity contribution in [3.05, 3.63) is 41.9 Å². The summed E-state index contributed by atoms with van der Waals surface area (Å²) in [6.45, 7) is 2.91. The van der Waals surface area contributed by atoms with Crippen LogP contribution >= 0.6 is 11.9 Å². The second kappa shape index (κ2) is 9.62. The zero-order valence-electron chi connectivity index (χ0n) is 13.0. The van der Waals surface area contributed by atoms with Crippen LogP contribution in [0.15, 0.2) is 41.2 Å². The van der Waals surface area contributed by atoms with Crippen LogP contribution in [0.2, 0.25) is 0 Å². The Morgan fingerprint density at radius 3 is 2.39 bits per heavy atom. The number of hydrogen-bond acceptors (Lipinski definition) is 6. The third kappa shape index (κ3) is 6.96. The van der Waals surface area contributed by atoms with Crippen LogP contribution in [-0.2, 0) is 9.59 Å². The molecule has 0 saturated carbocycles. The van der Waals surface area contributed by atoms with E-state index in [-0.39, 0.29) is 12.8 Å². The fourth-order valence-electron chi connectivity index (χ4n) is 1.62. The Labute approximate surface area is 138 Å². The van der Waals surface area contributed by atoms with Crippen molar-refractivity contribution in [3.8, 4) is 0 Å². The van der Waals surface area contributed by atoms with Gasteiger partial charge in [-0.2, -0.15) is 0 Å². The first-order valence-electron chi connectivity index (χ1n) is 6.86. The fraction of sp³-hybridized carbons (Fsp3) is 0.333. The number of pyridine rings is 1. The topological polar surface area (TPSA) is 103 Å². The molecule has 1 aliphatic rings. The minimum absolute atomic E-state index is 0.296. The smallest absolute Gasteiger partial charge is 0.303 e. The highest BCUT2D eigenvalue weighted by Gasteiger charge is 2.16. The van der Waals surface area contributed by atoms with E-state index in [1.807, 2.05) is 31.4 Å². The molecule has 0 unspecified atom stereocenters. The Bertz CT molecular complexity index is 588. The average molecular weight is 337 g/mol. The minimum atomic E-state index is -1.08. The first kappa shape index (κ1) is 18.7. The molecule has 0 atom stereocenters. The van der Waals surface area contributed by atoms with Crippen molar-refractivity contribution in [2.45, 2.75) is 19.8 Å². The van der Waals surface area contributed by atoms with Crippen LogP contribution in [0.4, 0.5) is 0 Å². The molecule has 1 aromatic heterocycles. The number of hydrogen-bond donors (Lipinski definition) is 2. The molecule has 0 aliphatic carbocycles. The van der Waals surface area contributed by atoms with Crippen molar-refractivity contribution in [3.63, 3.8) is 0 Å². The number of rotatable bonds is 5. The van der Waals surface area contributed by atoms with E-state index in [0.29, 0.717) is 0 Å². The van der Waals surface area contributed by atoms with E-state index in [0.717, 1.165) is 23.8 Å². The van der Waals surface area contributed by atoms with Crippen molar-refractivity contribution in [1.29, 1.82) is 0 Å². The molecule has 0 radical (unpaired) electrons. The third-order valence-corrected chi connectivity index (χ3v) is 3.50. The second-order valence-electron chi connectivity index (χ2n) is 4.53. The van der Waals surface area contributed by atoms with Gasteiger partial charge in [0.25, 0.3) is 0 Å². The fourth-order valence-corrected chi connectivity index (χ4v) is 2.16. The van der Waals surface area contributed by atoms with Crippen molar-refractivity contribution in [2.24, 2.45) is 4.99 Å². The van der Waals surface area contributed by atoms with E-state index in [2.05, 4.69) is 20.4 Å². The van der Waals surface area contributed by atoms with Gasteiger partial charge >= 0.3 is 11.9 Å². The predicted molar refractivity (Wildman–Crippen MR) is 89.3 cm³/mol. The van der Waals surface area contributed by atoms with Gasteiger partial charge in [0, 0.05) is 18.1 Å². The van der Waals surface area contributed by atoms with Crippen LogP contribution in [0.25, 0.3) is 0 Å². The first-order chi connectivity index (χ1) is 10.9. The summed E-state index contributed by atoms with van der Waals surface area (Å²) in [6.07, 6.45) is 5.37. The van der Waals surface area contributed by atoms with Crippen molar-refractivity contribution in [1.82, 2.24) is 9.29 Å². The van der Waals surface area contributed by atoms with Gasteiger partial charge in [-0.15, -0.1) is 0 Å². The molecule has 2 rings (SSSR count). The molecule has 0 spiro atoms. The maximum Gasteiger partial charge on any atom is 0.303 e. The number of carboxylic acid groups (broad SMARTS) is 2. The van der Waals surface area contributed by atoms with Gasteiger partial charge in [-0.25, -0.2) is 4.99 Å². The summed E-state index contributed by atoms with van der Waals surface area (Å²) in [5.41, 5.74) is 1.99. The standard InChI is InChI=1S/C11H13N3S.C4H6O4/c1-9-6-8-14(15-2)11(13-9)10-5-3-4-7-12-10;5-3(6)1-2-4(7)8/h3-7H,8H2,1-2H3;1-2H2,(H,5,6)(H,7,8). The van der Waals surface area contributed by atoms with Crippen LogP contribution in [0.5, 0.6) is 0 Å². The predicted octanol–water partition coefficient (Wildman–Crippen LogP) is 2.26. The third-order valence-electron chi connectivity index (χ3n) is 2.74. The maximum absolute atomic E-state index is 9.64. The zero-order chi connectivity index (χ0) is 17.2. The van der Waals surface area contributed by atoms with E-state index in [1.54, 1.807) is 18.1 Å². The van der Waals surface area contributed by atoms with Crippen LogP contribution in [-0.4, -0.2) is 50.1 Å². The second-order valence-corrected chi connectivity index (χ2v) is 5.33. The van der Waals surface area contributed by atoms with Gasteiger partial charge < -0.3 is 10.2 Å². The normalized spacial score (nSPS) is 13.4. The van der Waals surface area contributed by atoms with Crippen LogP contribution < -0.4 is 0 Å². The SMILES string of the molecule is CSN1CC=C(C)N=C1c1ccccn1.O=C(O)CCC(=O)O. The number of amidine groups is 1. The highest BCUT2D eigenvalue weighted by Crippen LogP contribution is 2.18. The summed E-state index contributed by atoms with van der Waals surface area (Å²) in [4.78, 5) is 28.1. The van der Waals surface area contributed by atoms with Crippen molar-refractivity contribution >= 4 is 29.7 Å². The van der Waals surface area contributed by atoms with Gasteiger partial charge in [-0.1, -0.05) is 18.0 Å². The molecule has 0 bridgehead atoms. The summed E-state index contributed by atoms with van der Waals surface area (Å²) < 4.78 is 2.13. The van der Waals surface area contributed by atoms with Crippen molar-refractivity contribution in [2.75, 3.05) is 12.8 Å². The molecular weight excluding hydrogens is 318 g/mol. The molecule has 1 aromatic rings. The van der Waals surface area contributed by atoms with E-state index in [9.17, 15) is 9.59 Å². The summed E-state index contributed by atoms with van der Waals surface area (Å²) >= 11 is 1.67. The lowest BCUT2D eigenvalue weighted by atomic mass is 10.3. The van der Waals surface area contributed by atoms with Crippen LogP contribution in [0.3, 0.4) is 0 Å². The Balaban J connectivity index is 0.000000284. The van der Waals surface area contributed by atoms with Gasteiger partial charge in [0.1, 0.15) is 5.69 Å². The van der Waals surface area contributed by atoms with Gasteiger partial charge in [0.15, 0.2) is 5.84 Å². The molecule has 1 aliphatic heterocycles. The Kier molecular flexibility index (Phi) is 7.82. The lowest BCUT2D eigenvalue weighted by molar-refractivity contribution is -0.143. The summed E-state index contributed by atoms with van der Waals surface area (Å²) in [6, 6.07) is 5.89. The van der Waals surface area contributed by atoms with Crippen molar-refractivity contribution < 1.29 is 19.8 Å². The number of aliphatic carboxylic acids is 2. The average Bonchev–Trinajstić information content (AvgIpc) is 2.54. The zero-order valence-corrected chi connectivity index (χ0v) is 13.8. The molecule has 0 fully saturated rings. The number of allylic oxidation sites excluding steroid dienone is 1. The lowest BCUT2D eigenvalue weighted by Crippen LogP contribution is -2.28. The highest BCUT2D eigenvalue weighted by molar-refractivity contribution is 7.96. The monoisotopic (exact) mass is 337 g/mol. The van der Waals surface area contributed by atoms with E-state index < -0.39 is 11.9 Å². The molecule has 23 heavy (non-hydrogen) atoms. The lowest BCUT2D eigenvalue weighted by Gasteiger charge is -2.24. The Morgan fingerprint density at radius 1 is 1.26 bits per heavy atom. The molecular formula is C15H19N3O4S. The van der Waals surface area contributed by atoms with E-state index in [1.165, 1.54) is 0 Å². The number of carboxylic acids is 2. The first-order valence-corrected chi connectivity index (χ1v) is 8.04. The molecule has 0 saturated heterocycles. The number of aromatic nitrogens is 1. The van der Waals surface area contributed by atoms with Gasteiger partial charge in [0.05, 0.1) is 19.4 Å². The number of aliphatic imine (C=N–C) groups is 1. The molecule has 2 N–H and O–H groups in total. The molecule has 124 valence electrons. The maximum atomic E-state index is 9.64. The van der Waals surface area contributed by atoms with Gasteiger partial charge in [-0.3, -0.25) is 18.9 Å². The summed E-state index contributed by atoms with van der Waals surface area (Å²) in [7, 11) is 0. The minimum Gasteiger partial charge on any atom is -0.481 e. The Morgan fingerprint density at radius 2 is 1.91 bits per heavy atom. The number of carbonyl (C=O) groups is 2.